The topological polar surface area (TPSA) is 67.9 Å². The highest BCUT2D eigenvalue weighted by Gasteiger charge is 2.38. The van der Waals surface area contributed by atoms with Crippen molar-refractivity contribution in [3.05, 3.63) is 63.4 Å². The fourth-order valence-electron chi connectivity index (χ4n) is 6.25. The third-order valence-corrected chi connectivity index (χ3v) is 8.76. The van der Waals surface area contributed by atoms with Crippen molar-refractivity contribution >= 4 is 40.7 Å². The normalized spacial score (nSPS) is 18.2. The Bertz CT molecular complexity index is 1240. The average molecular weight is 607 g/mol. The van der Waals surface area contributed by atoms with Gasteiger partial charge in [-0.3, -0.25) is 20.2 Å². The van der Waals surface area contributed by atoms with Crippen molar-refractivity contribution in [3.8, 4) is 0 Å². The van der Waals surface area contributed by atoms with Crippen LogP contribution in [-0.4, -0.2) is 74.0 Å². The van der Waals surface area contributed by atoms with E-state index in [4.69, 9.17) is 23.2 Å². The highest BCUT2D eigenvalue weighted by molar-refractivity contribution is 6.35. The maximum absolute atomic E-state index is 14.6. The van der Waals surface area contributed by atoms with Crippen LogP contribution in [0, 0.1) is 11.7 Å². The smallest absolute Gasteiger partial charge is 0.245 e. The molecule has 41 heavy (non-hydrogen) atoms. The molecule has 2 atom stereocenters. The number of anilines is 1. The summed E-state index contributed by atoms with van der Waals surface area (Å²) in [5.41, 5.74) is 2.02. The largest absolute Gasteiger partial charge is 0.368 e. The van der Waals surface area contributed by atoms with E-state index in [2.05, 4.69) is 36.3 Å². The van der Waals surface area contributed by atoms with Crippen molar-refractivity contribution in [2.75, 3.05) is 51.2 Å². The van der Waals surface area contributed by atoms with Crippen LogP contribution in [0.4, 0.5) is 10.1 Å². The van der Waals surface area contributed by atoms with Gasteiger partial charge in [-0.2, -0.15) is 0 Å². The van der Waals surface area contributed by atoms with Crippen LogP contribution in [0.25, 0.3) is 0 Å². The lowest BCUT2D eigenvalue weighted by Crippen LogP contribution is -2.57. The lowest BCUT2D eigenvalue weighted by molar-refractivity contribution is -0.143. The molecular formula is C31H42Cl2FN5O2. The molecule has 2 amide bonds. The molecule has 2 saturated heterocycles. The second kappa shape index (κ2) is 13.7. The fourth-order valence-corrected chi connectivity index (χ4v) is 6.73. The predicted octanol–water partition coefficient (Wildman–Crippen LogP) is 5.04. The van der Waals surface area contributed by atoms with Crippen LogP contribution >= 0.6 is 23.2 Å². The first-order valence-electron chi connectivity index (χ1n) is 14.6. The molecule has 2 heterocycles. The van der Waals surface area contributed by atoms with Gasteiger partial charge in [-0.05, 0) is 68.2 Å². The number of hydrogen-bond acceptors (Lipinski definition) is 5. The van der Waals surface area contributed by atoms with Crippen molar-refractivity contribution in [2.45, 2.75) is 58.2 Å². The van der Waals surface area contributed by atoms with Crippen molar-refractivity contribution in [1.29, 1.82) is 0 Å². The molecule has 0 spiro atoms. The minimum absolute atomic E-state index is 0.00000743. The summed E-state index contributed by atoms with van der Waals surface area (Å²) in [5.74, 6) is 0.0200. The summed E-state index contributed by atoms with van der Waals surface area (Å²) in [6.07, 6.45) is 2.32. The van der Waals surface area contributed by atoms with Crippen LogP contribution in [0.3, 0.4) is 0 Å². The molecule has 2 aliphatic rings. The number of nitrogens with one attached hydrogen (secondary N) is 2. The van der Waals surface area contributed by atoms with E-state index in [0.29, 0.717) is 61.5 Å². The van der Waals surface area contributed by atoms with Crippen LogP contribution in [0.2, 0.25) is 10.0 Å². The van der Waals surface area contributed by atoms with Crippen molar-refractivity contribution in [1.82, 2.24) is 20.4 Å². The summed E-state index contributed by atoms with van der Waals surface area (Å²) >= 11 is 12.6. The zero-order valence-electron chi connectivity index (χ0n) is 24.5. The number of carbonyl (C=O) groups excluding carboxylic acids is 2. The molecule has 2 N–H and O–H groups in total. The van der Waals surface area contributed by atoms with Gasteiger partial charge in [0, 0.05) is 66.9 Å². The van der Waals surface area contributed by atoms with Crippen LogP contribution in [0.5, 0.6) is 0 Å². The summed E-state index contributed by atoms with van der Waals surface area (Å²) in [4.78, 5) is 32.5. The van der Waals surface area contributed by atoms with E-state index in [0.717, 1.165) is 36.2 Å². The Balaban J connectivity index is 1.56. The zero-order valence-corrected chi connectivity index (χ0v) is 26.0. The number of nitrogens with zero attached hydrogens (tertiary/aromatic N) is 3. The third kappa shape index (κ3) is 7.16. The summed E-state index contributed by atoms with van der Waals surface area (Å²) in [7, 11) is 1.91. The van der Waals surface area contributed by atoms with Gasteiger partial charge >= 0.3 is 0 Å². The number of halogens is 3. The van der Waals surface area contributed by atoms with Gasteiger partial charge in [-0.1, -0.05) is 50.0 Å². The highest BCUT2D eigenvalue weighted by Crippen LogP contribution is 2.35. The van der Waals surface area contributed by atoms with E-state index in [1.165, 1.54) is 6.07 Å². The molecule has 0 saturated carbocycles. The molecule has 2 aliphatic heterocycles. The molecule has 2 aromatic carbocycles. The molecule has 0 aromatic heterocycles. The minimum Gasteiger partial charge on any atom is -0.368 e. The SMILES string of the molecule is CCNC(CC(C)C)(NC)c1cc(F)ccc1N1CCN(C(=O)C(Cc2ccc(Cl)cc2Cl)N2CCCC2=O)CC1. The zero-order chi connectivity index (χ0) is 29.7. The van der Waals surface area contributed by atoms with E-state index in [1.54, 1.807) is 23.1 Å². The monoisotopic (exact) mass is 605 g/mol. The second-order valence-electron chi connectivity index (χ2n) is 11.4. The summed E-state index contributed by atoms with van der Waals surface area (Å²) in [6.45, 7) is 9.85. The second-order valence-corrected chi connectivity index (χ2v) is 12.2. The lowest BCUT2D eigenvalue weighted by Gasteiger charge is -2.43. The first-order valence-corrected chi connectivity index (χ1v) is 15.3. The third-order valence-electron chi connectivity index (χ3n) is 8.17. The Kier molecular flexibility index (Phi) is 10.6. The molecular weight excluding hydrogens is 564 g/mol. The molecule has 4 rings (SSSR count). The molecule has 7 nitrogen and oxygen atoms in total. The van der Waals surface area contributed by atoms with Crippen LogP contribution < -0.4 is 15.5 Å². The maximum Gasteiger partial charge on any atom is 0.245 e. The Hall–Kier alpha value is -2.39. The van der Waals surface area contributed by atoms with Gasteiger partial charge in [0.2, 0.25) is 11.8 Å². The van der Waals surface area contributed by atoms with Gasteiger partial charge in [-0.25, -0.2) is 4.39 Å². The van der Waals surface area contributed by atoms with E-state index in [9.17, 15) is 14.0 Å². The van der Waals surface area contributed by atoms with E-state index >= 15 is 0 Å². The lowest BCUT2D eigenvalue weighted by atomic mass is 9.88. The van der Waals surface area contributed by atoms with Crippen molar-refractivity contribution < 1.29 is 14.0 Å². The molecule has 224 valence electrons. The van der Waals surface area contributed by atoms with Crippen molar-refractivity contribution in [2.24, 2.45) is 5.92 Å². The van der Waals surface area contributed by atoms with Gasteiger partial charge in [0.25, 0.3) is 0 Å². The number of benzene rings is 2. The van der Waals surface area contributed by atoms with Gasteiger partial charge in [0.05, 0.1) is 5.66 Å². The first kappa shape index (κ1) is 31.5. The Morgan fingerprint density at radius 3 is 2.39 bits per heavy atom. The molecule has 2 fully saturated rings. The Morgan fingerprint density at radius 2 is 1.80 bits per heavy atom. The molecule has 0 radical (unpaired) electrons. The molecule has 10 heteroatoms. The van der Waals surface area contributed by atoms with Crippen LogP contribution in [0.15, 0.2) is 36.4 Å². The van der Waals surface area contributed by atoms with Crippen LogP contribution in [0.1, 0.15) is 51.2 Å². The van der Waals surface area contributed by atoms with Gasteiger partial charge < -0.3 is 14.7 Å². The number of carbonyl (C=O) groups is 2. The summed E-state index contributed by atoms with van der Waals surface area (Å²) in [5, 5.41) is 8.06. The highest BCUT2D eigenvalue weighted by atomic mass is 35.5. The van der Waals surface area contributed by atoms with Gasteiger partial charge in [-0.15, -0.1) is 0 Å². The van der Waals surface area contributed by atoms with E-state index < -0.39 is 11.7 Å². The van der Waals surface area contributed by atoms with Crippen LogP contribution in [-0.2, 0) is 21.7 Å². The standard InChI is InChI=1S/C31H42Cl2FN5O2/c1-5-36-31(35-4,20-21(2)3)25-19-24(34)10-11-27(25)37-13-15-38(16-14-37)30(41)28(39-12-6-7-29(39)40)17-22-8-9-23(32)18-26(22)33/h8-11,18-19,21,28,35-36H,5-7,12-17,20H2,1-4H3. The molecule has 2 aromatic rings. The van der Waals surface area contributed by atoms with Gasteiger partial charge in [0.1, 0.15) is 11.9 Å². The summed E-state index contributed by atoms with van der Waals surface area (Å²) < 4.78 is 14.6. The number of hydrogen-bond donors (Lipinski definition) is 2. The van der Waals surface area contributed by atoms with Crippen molar-refractivity contribution in [3.63, 3.8) is 0 Å². The summed E-state index contributed by atoms with van der Waals surface area (Å²) in [6, 6.07) is 9.61. The fraction of sp³-hybridized carbons (Fsp3) is 0.548. The Labute approximate surface area is 253 Å². The number of piperazine rings is 1. The molecule has 2 unspecified atom stereocenters. The first-order chi connectivity index (χ1) is 19.6. The Morgan fingerprint density at radius 1 is 1.07 bits per heavy atom. The minimum atomic E-state index is -0.617. The predicted molar refractivity (Wildman–Crippen MR) is 164 cm³/mol. The number of rotatable bonds is 11. The number of amides is 2. The van der Waals surface area contributed by atoms with Gasteiger partial charge in [0.15, 0.2) is 0 Å². The van der Waals surface area contributed by atoms with E-state index in [1.807, 2.05) is 24.1 Å². The maximum atomic E-state index is 14.6. The van der Waals surface area contributed by atoms with E-state index in [-0.39, 0.29) is 17.6 Å². The number of likely N-dealkylation sites (tertiary alicyclic amines) is 1. The average Bonchev–Trinajstić information content (AvgIpc) is 3.37. The quantitative estimate of drug-likeness (QED) is 0.351. The molecule has 0 aliphatic carbocycles. The molecule has 0 bridgehead atoms.